The van der Waals surface area contributed by atoms with Crippen molar-refractivity contribution in [2.24, 2.45) is 12.8 Å². The van der Waals surface area contributed by atoms with Gasteiger partial charge in [0.2, 0.25) is 5.91 Å². The summed E-state index contributed by atoms with van der Waals surface area (Å²) in [6.45, 7) is 2.64. The zero-order valence-corrected chi connectivity index (χ0v) is 10.1. The molecule has 0 bridgehead atoms. The van der Waals surface area contributed by atoms with Gasteiger partial charge < -0.3 is 15.6 Å². The molecule has 0 radical (unpaired) electrons. The molecule has 1 aromatic rings. The Morgan fingerprint density at radius 1 is 1.62 bits per heavy atom. The molecule has 0 aromatic carbocycles. The van der Waals surface area contributed by atoms with Crippen molar-refractivity contribution < 1.29 is 4.79 Å². The Labute approximate surface area is 96.8 Å². The number of nitrogens with two attached hydrogens (primary N) is 1. The maximum atomic E-state index is 11.6. The lowest BCUT2D eigenvalue weighted by atomic mass is 10.1. The van der Waals surface area contributed by atoms with Gasteiger partial charge in [0.05, 0.1) is 12.6 Å². The van der Waals surface area contributed by atoms with Gasteiger partial charge in [-0.05, 0) is 18.6 Å². The Balaban J connectivity index is 2.32. The highest BCUT2D eigenvalue weighted by Gasteiger charge is 2.12. The van der Waals surface area contributed by atoms with Gasteiger partial charge in [-0.2, -0.15) is 0 Å². The third kappa shape index (κ3) is 3.70. The Hall–Kier alpha value is -1.29. The maximum Gasteiger partial charge on any atom is 0.237 e. The summed E-state index contributed by atoms with van der Waals surface area (Å²) in [5.74, 6) is -0.0605. The van der Waals surface area contributed by atoms with Crippen molar-refractivity contribution in [3.63, 3.8) is 0 Å². The Morgan fingerprint density at radius 2 is 2.38 bits per heavy atom. The summed E-state index contributed by atoms with van der Waals surface area (Å²) < 4.78 is 1.98. The highest BCUT2D eigenvalue weighted by molar-refractivity contribution is 5.81. The van der Waals surface area contributed by atoms with E-state index in [0.29, 0.717) is 6.54 Å². The molecule has 1 heterocycles. The van der Waals surface area contributed by atoms with E-state index in [0.717, 1.165) is 25.0 Å². The number of unbranched alkanes of at least 4 members (excludes halogenated alkanes) is 1. The number of carbonyl (C=O) groups excluding carboxylic acids is 1. The summed E-state index contributed by atoms with van der Waals surface area (Å²) in [6, 6.07) is 3.57. The third-order valence-electron chi connectivity index (χ3n) is 2.70. The Bertz CT molecular complexity index is 333. The van der Waals surface area contributed by atoms with E-state index in [4.69, 9.17) is 5.73 Å². The van der Waals surface area contributed by atoms with Crippen molar-refractivity contribution in [1.29, 1.82) is 0 Å². The predicted molar refractivity (Wildman–Crippen MR) is 64.8 cm³/mol. The predicted octanol–water partition coefficient (Wildman–Crippen LogP) is 1.16. The molecule has 0 aliphatic rings. The number of amides is 1. The monoisotopic (exact) mass is 223 g/mol. The van der Waals surface area contributed by atoms with E-state index in [1.54, 1.807) is 0 Å². The molecule has 0 aliphatic carbocycles. The van der Waals surface area contributed by atoms with Gasteiger partial charge in [0.25, 0.3) is 0 Å². The van der Waals surface area contributed by atoms with Crippen molar-refractivity contribution in [2.75, 3.05) is 0 Å². The molecule has 0 saturated carbocycles. The van der Waals surface area contributed by atoms with E-state index >= 15 is 0 Å². The molecule has 4 nitrogen and oxygen atoms in total. The van der Waals surface area contributed by atoms with Crippen LogP contribution in [0.3, 0.4) is 0 Å². The Morgan fingerprint density at radius 3 is 2.94 bits per heavy atom. The first kappa shape index (κ1) is 12.8. The number of hydrogen-bond donors (Lipinski definition) is 2. The van der Waals surface area contributed by atoms with Crippen LogP contribution >= 0.6 is 0 Å². The minimum Gasteiger partial charge on any atom is -0.353 e. The number of aryl methyl sites for hydroxylation is 1. The molecule has 0 saturated heterocycles. The van der Waals surface area contributed by atoms with Gasteiger partial charge in [0.1, 0.15) is 0 Å². The molecule has 1 rings (SSSR count). The van der Waals surface area contributed by atoms with E-state index in [9.17, 15) is 4.79 Å². The summed E-state index contributed by atoms with van der Waals surface area (Å²) >= 11 is 0. The van der Waals surface area contributed by atoms with Crippen LogP contribution in [-0.2, 0) is 18.4 Å². The van der Waals surface area contributed by atoms with Gasteiger partial charge in [-0.3, -0.25) is 4.79 Å². The van der Waals surface area contributed by atoms with Crippen LogP contribution in [0.15, 0.2) is 18.3 Å². The van der Waals surface area contributed by atoms with Gasteiger partial charge in [0.15, 0.2) is 0 Å². The van der Waals surface area contributed by atoms with E-state index in [2.05, 4.69) is 12.2 Å². The molecule has 1 aromatic heterocycles. The minimum absolute atomic E-state index is 0.0605. The highest BCUT2D eigenvalue weighted by Crippen LogP contribution is 2.01. The smallest absolute Gasteiger partial charge is 0.237 e. The average Bonchev–Trinajstić information content (AvgIpc) is 2.68. The molecule has 3 N–H and O–H groups in total. The second-order valence-corrected chi connectivity index (χ2v) is 4.08. The van der Waals surface area contributed by atoms with Crippen LogP contribution in [0, 0.1) is 0 Å². The molecule has 16 heavy (non-hydrogen) atoms. The fraction of sp³-hybridized carbons (Fsp3) is 0.583. The van der Waals surface area contributed by atoms with Crippen molar-refractivity contribution in [1.82, 2.24) is 9.88 Å². The van der Waals surface area contributed by atoms with Crippen molar-refractivity contribution in [2.45, 2.75) is 38.8 Å². The molecular formula is C12H21N3O. The average molecular weight is 223 g/mol. The van der Waals surface area contributed by atoms with Crippen LogP contribution in [0.2, 0.25) is 0 Å². The van der Waals surface area contributed by atoms with Crippen LogP contribution in [0.25, 0.3) is 0 Å². The van der Waals surface area contributed by atoms with Gasteiger partial charge in [-0.1, -0.05) is 19.8 Å². The van der Waals surface area contributed by atoms with E-state index in [1.165, 1.54) is 0 Å². The number of aromatic nitrogens is 1. The quantitative estimate of drug-likeness (QED) is 0.760. The number of hydrogen-bond acceptors (Lipinski definition) is 2. The fourth-order valence-electron chi connectivity index (χ4n) is 1.54. The number of carbonyl (C=O) groups is 1. The zero-order valence-electron chi connectivity index (χ0n) is 10.1. The number of nitrogens with zero attached hydrogens (tertiary/aromatic N) is 1. The van der Waals surface area contributed by atoms with Crippen LogP contribution in [0.4, 0.5) is 0 Å². The second kappa shape index (κ2) is 6.33. The summed E-state index contributed by atoms with van der Waals surface area (Å²) in [5.41, 5.74) is 6.84. The first-order valence-electron chi connectivity index (χ1n) is 5.78. The van der Waals surface area contributed by atoms with E-state index in [-0.39, 0.29) is 11.9 Å². The molecule has 1 atom stereocenters. The van der Waals surface area contributed by atoms with Crippen molar-refractivity contribution in [3.8, 4) is 0 Å². The van der Waals surface area contributed by atoms with Crippen LogP contribution in [0.1, 0.15) is 31.9 Å². The zero-order chi connectivity index (χ0) is 12.0. The van der Waals surface area contributed by atoms with Gasteiger partial charge in [-0.25, -0.2) is 0 Å². The van der Waals surface area contributed by atoms with E-state index < -0.39 is 0 Å². The Kier molecular flexibility index (Phi) is 5.05. The molecular weight excluding hydrogens is 202 g/mol. The highest BCUT2D eigenvalue weighted by atomic mass is 16.2. The lowest BCUT2D eigenvalue weighted by Gasteiger charge is -2.12. The molecule has 0 aliphatic heterocycles. The van der Waals surface area contributed by atoms with Crippen LogP contribution in [0.5, 0.6) is 0 Å². The standard InChI is InChI=1S/C12H21N3O/c1-3-4-7-11(13)12(16)14-9-10-6-5-8-15(10)2/h5-6,8,11H,3-4,7,9,13H2,1-2H3,(H,14,16)/t11-/m0/s1. The largest absolute Gasteiger partial charge is 0.353 e. The SMILES string of the molecule is CCCC[C@H](N)C(=O)NCc1cccn1C. The maximum absolute atomic E-state index is 11.6. The molecule has 0 unspecified atom stereocenters. The van der Waals surface area contributed by atoms with Crippen molar-refractivity contribution in [3.05, 3.63) is 24.0 Å². The number of rotatable bonds is 6. The van der Waals surface area contributed by atoms with Gasteiger partial charge in [0, 0.05) is 18.9 Å². The molecule has 4 heteroatoms. The molecule has 1 amide bonds. The first-order chi connectivity index (χ1) is 7.65. The number of nitrogens with one attached hydrogen (secondary N) is 1. The lowest BCUT2D eigenvalue weighted by molar-refractivity contribution is -0.122. The summed E-state index contributed by atoms with van der Waals surface area (Å²) in [4.78, 5) is 11.6. The minimum atomic E-state index is -0.375. The normalized spacial score (nSPS) is 12.4. The fourth-order valence-corrected chi connectivity index (χ4v) is 1.54. The summed E-state index contributed by atoms with van der Waals surface area (Å²) in [7, 11) is 1.96. The first-order valence-corrected chi connectivity index (χ1v) is 5.78. The van der Waals surface area contributed by atoms with Crippen LogP contribution in [-0.4, -0.2) is 16.5 Å². The second-order valence-electron chi connectivity index (χ2n) is 4.08. The summed E-state index contributed by atoms with van der Waals surface area (Å²) in [5, 5.41) is 2.85. The molecule has 0 fully saturated rings. The summed E-state index contributed by atoms with van der Waals surface area (Å²) in [6.07, 6.45) is 4.78. The van der Waals surface area contributed by atoms with Gasteiger partial charge in [-0.15, -0.1) is 0 Å². The van der Waals surface area contributed by atoms with Crippen LogP contribution < -0.4 is 11.1 Å². The third-order valence-corrected chi connectivity index (χ3v) is 2.70. The van der Waals surface area contributed by atoms with Crippen molar-refractivity contribution >= 4 is 5.91 Å². The lowest BCUT2D eigenvalue weighted by Crippen LogP contribution is -2.40. The molecule has 90 valence electrons. The van der Waals surface area contributed by atoms with Gasteiger partial charge >= 0.3 is 0 Å². The topological polar surface area (TPSA) is 60.1 Å². The van der Waals surface area contributed by atoms with E-state index in [1.807, 2.05) is 29.9 Å². The molecule has 0 spiro atoms.